The predicted molar refractivity (Wildman–Crippen MR) is 146 cm³/mol. The monoisotopic (exact) mass is 584 g/mol. The maximum atomic E-state index is 12.8. The number of nitrogens with two attached hydrogens (primary N) is 1. The van der Waals surface area contributed by atoms with Crippen LogP contribution in [0.1, 0.15) is 0 Å². The van der Waals surface area contributed by atoms with Crippen molar-refractivity contribution in [3.8, 4) is 23.0 Å². The fraction of sp³-hybridized carbons (Fsp3) is 0.0741. The van der Waals surface area contributed by atoms with Gasteiger partial charge in [-0.05, 0) is 72.8 Å². The molecule has 0 aliphatic rings. The van der Waals surface area contributed by atoms with Crippen molar-refractivity contribution >= 4 is 37.6 Å². The SMILES string of the molecule is COc1ccc(S(=O)(=O)Oc2cccc(N(C(N)=O)c3cccc(OS(=O)(=O)c4ccc(OC)cc4)c3)c2)cc1. The van der Waals surface area contributed by atoms with E-state index in [-0.39, 0.29) is 32.7 Å². The van der Waals surface area contributed by atoms with Crippen molar-refractivity contribution < 1.29 is 39.5 Å². The zero-order valence-corrected chi connectivity index (χ0v) is 22.9. The molecule has 4 aromatic carbocycles. The second-order valence-corrected chi connectivity index (χ2v) is 11.2. The molecule has 208 valence electrons. The summed E-state index contributed by atoms with van der Waals surface area (Å²) in [7, 11) is -5.50. The summed E-state index contributed by atoms with van der Waals surface area (Å²) in [5.41, 5.74) is 5.95. The minimum Gasteiger partial charge on any atom is -0.497 e. The molecule has 0 atom stereocenters. The van der Waals surface area contributed by atoms with Crippen LogP contribution < -0.4 is 28.5 Å². The number of rotatable bonds is 10. The number of hydrogen-bond donors (Lipinski definition) is 1. The summed E-state index contributed by atoms with van der Waals surface area (Å²) < 4.78 is 71.7. The fourth-order valence-electron chi connectivity index (χ4n) is 3.59. The molecule has 0 bridgehead atoms. The topological polar surface area (TPSA) is 152 Å². The van der Waals surface area contributed by atoms with Gasteiger partial charge in [0.05, 0.1) is 25.6 Å². The van der Waals surface area contributed by atoms with Crippen LogP contribution in [0.5, 0.6) is 23.0 Å². The van der Waals surface area contributed by atoms with Crippen LogP contribution in [0.4, 0.5) is 16.2 Å². The highest BCUT2D eigenvalue weighted by Gasteiger charge is 2.22. The van der Waals surface area contributed by atoms with Crippen molar-refractivity contribution in [2.45, 2.75) is 9.79 Å². The Labute approximate surface area is 231 Å². The van der Waals surface area contributed by atoms with Gasteiger partial charge in [0.2, 0.25) is 0 Å². The van der Waals surface area contributed by atoms with E-state index in [9.17, 15) is 21.6 Å². The second kappa shape index (κ2) is 11.6. The molecular formula is C27H24N2O9S2. The zero-order valence-electron chi connectivity index (χ0n) is 21.3. The first-order valence-electron chi connectivity index (χ1n) is 11.5. The third kappa shape index (κ3) is 6.45. The standard InChI is InChI=1S/C27H24N2O9S2/c1-35-21-9-13-25(14-10-21)39(31,32)37-23-7-3-5-19(17-23)29(27(28)30)20-6-4-8-24(18-20)38-40(33,34)26-15-11-22(36-2)12-16-26/h3-18H,1-2H3,(H2,28,30). The first kappa shape index (κ1) is 28.3. The highest BCUT2D eigenvalue weighted by Crippen LogP contribution is 2.32. The Balaban J connectivity index is 1.60. The van der Waals surface area contributed by atoms with Gasteiger partial charge in [0.15, 0.2) is 0 Å². The van der Waals surface area contributed by atoms with E-state index in [0.29, 0.717) is 11.5 Å². The molecule has 0 aliphatic heterocycles. The Kier molecular flexibility index (Phi) is 8.16. The molecule has 0 saturated heterocycles. The number of carbonyl (C=O) groups is 1. The van der Waals surface area contributed by atoms with E-state index in [0.717, 1.165) is 4.90 Å². The zero-order chi connectivity index (χ0) is 28.9. The highest BCUT2D eigenvalue weighted by atomic mass is 32.2. The van der Waals surface area contributed by atoms with Crippen LogP contribution in [0.15, 0.2) is 107 Å². The summed E-state index contributed by atoms with van der Waals surface area (Å²) in [5.74, 6) is 0.769. The lowest BCUT2D eigenvalue weighted by Crippen LogP contribution is -2.31. The number of methoxy groups -OCH3 is 2. The lowest BCUT2D eigenvalue weighted by Gasteiger charge is -2.22. The van der Waals surface area contributed by atoms with Gasteiger partial charge < -0.3 is 23.6 Å². The summed E-state index contributed by atoms with van der Waals surface area (Å²) >= 11 is 0. The summed E-state index contributed by atoms with van der Waals surface area (Å²) in [6, 6.07) is 21.6. The third-order valence-corrected chi connectivity index (χ3v) is 8.00. The van der Waals surface area contributed by atoms with E-state index in [1.54, 1.807) is 0 Å². The number of benzene rings is 4. The highest BCUT2D eigenvalue weighted by molar-refractivity contribution is 7.87. The first-order valence-corrected chi connectivity index (χ1v) is 14.3. The minimum absolute atomic E-state index is 0.0888. The average Bonchev–Trinajstić information content (AvgIpc) is 2.93. The molecule has 2 amide bonds. The molecule has 4 aromatic rings. The van der Waals surface area contributed by atoms with Gasteiger partial charge in [-0.15, -0.1) is 0 Å². The Hall–Kier alpha value is -4.75. The van der Waals surface area contributed by atoms with Crippen LogP contribution in [0.25, 0.3) is 0 Å². The Bertz CT molecular complexity index is 1600. The summed E-state index contributed by atoms with van der Waals surface area (Å²) in [5, 5.41) is 0. The van der Waals surface area contributed by atoms with E-state index in [4.69, 9.17) is 23.6 Å². The molecule has 0 aromatic heterocycles. The molecule has 11 nitrogen and oxygen atoms in total. The van der Waals surface area contributed by atoms with Gasteiger partial charge in [-0.2, -0.15) is 16.8 Å². The third-order valence-electron chi connectivity index (χ3n) is 5.48. The molecule has 40 heavy (non-hydrogen) atoms. The summed E-state index contributed by atoms with van der Waals surface area (Å²) in [4.78, 5) is 13.3. The predicted octanol–water partition coefficient (Wildman–Crippen LogP) is 4.46. The number of anilines is 2. The van der Waals surface area contributed by atoms with Crippen molar-refractivity contribution in [3.63, 3.8) is 0 Å². The molecule has 0 radical (unpaired) electrons. The lowest BCUT2D eigenvalue weighted by atomic mass is 10.2. The van der Waals surface area contributed by atoms with E-state index < -0.39 is 26.3 Å². The Morgan fingerprint density at radius 1 is 0.600 bits per heavy atom. The number of ether oxygens (including phenoxy) is 2. The van der Waals surface area contributed by atoms with Crippen molar-refractivity contribution in [1.29, 1.82) is 0 Å². The van der Waals surface area contributed by atoms with Gasteiger partial charge in [-0.1, -0.05) is 12.1 Å². The van der Waals surface area contributed by atoms with E-state index in [2.05, 4.69) is 0 Å². The Morgan fingerprint density at radius 3 is 1.30 bits per heavy atom. The molecular weight excluding hydrogens is 560 g/mol. The quantitative estimate of drug-likeness (QED) is 0.266. The molecule has 2 N–H and O–H groups in total. The van der Waals surface area contributed by atoms with Gasteiger partial charge in [0.25, 0.3) is 0 Å². The van der Waals surface area contributed by atoms with Gasteiger partial charge >= 0.3 is 26.3 Å². The average molecular weight is 585 g/mol. The molecule has 0 spiro atoms. The largest absolute Gasteiger partial charge is 0.497 e. The van der Waals surface area contributed by atoms with Crippen LogP contribution >= 0.6 is 0 Å². The van der Waals surface area contributed by atoms with Gasteiger partial charge in [-0.3, -0.25) is 4.90 Å². The first-order chi connectivity index (χ1) is 19.0. The summed E-state index contributed by atoms with van der Waals surface area (Å²) in [6.07, 6.45) is 0. The summed E-state index contributed by atoms with van der Waals surface area (Å²) in [6.45, 7) is 0. The van der Waals surface area contributed by atoms with E-state index in [1.165, 1.54) is 111 Å². The van der Waals surface area contributed by atoms with Crippen molar-refractivity contribution in [2.24, 2.45) is 5.73 Å². The molecule has 4 rings (SSSR count). The lowest BCUT2D eigenvalue weighted by molar-refractivity contribution is 0.256. The second-order valence-electron chi connectivity index (χ2n) is 8.09. The van der Waals surface area contributed by atoms with Crippen LogP contribution in [0.2, 0.25) is 0 Å². The van der Waals surface area contributed by atoms with Gasteiger partial charge in [-0.25, -0.2) is 4.79 Å². The maximum Gasteiger partial charge on any atom is 0.339 e. The van der Waals surface area contributed by atoms with Crippen molar-refractivity contribution in [3.05, 3.63) is 97.1 Å². The van der Waals surface area contributed by atoms with Crippen molar-refractivity contribution in [2.75, 3.05) is 19.1 Å². The van der Waals surface area contributed by atoms with Crippen LogP contribution in [-0.2, 0) is 20.2 Å². The number of amides is 2. The van der Waals surface area contributed by atoms with Crippen LogP contribution in [0, 0.1) is 0 Å². The van der Waals surface area contributed by atoms with Gasteiger partial charge in [0.1, 0.15) is 32.8 Å². The van der Waals surface area contributed by atoms with Crippen molar-refractivity contribution in [1.82, 2.24) is 0 Å². The Morgan fingerprint density at radius 2 is 0.975 bits per heavy atom. The molecule has 0 unspecified atom stereocenters. The number of primary amides is 1. The van der Waals surface area contributed by atoms with Crippen LogP contribution in [-0.4, -0.2) is 37.1 Å². The fourth-order valence-corrected chi connectivity index (χ4v) is 5.43. The molecule has 0 aliphatic carbocycles. The smallest absolute Gasteiger partial charge is 0.339 e. The number of nitrogens with zero attached hydrogens (tertiary/aromatic N) is 1. The molecule has 0 heterocycles. The molecule has 13 heteroatoms. The maximum absolute atomic E-state index is 12.8. The van der Waals surface area contributed by atoms with E-state index >= 15 is 0 Å². The normalized spacial score (nSPS) is 11.3. The molecule has 0 saturated carbocycles. The number of carbonyl (C=O) groups excluding carboxylic acids is 1. The molecule has 0 fully saturated rings. The van der Waals surface area contributed by atoms with Crippen LogP contribution in [0.3, 0.4) is 0 Å². The van der Waals surface area contributed by atoms with E-state index in [1.807, 2.05) is 0 Å². The van der Waals surface area contributed by atoms with Gasteiger partial charge in [0, 0.05) is 12.1 Å². The number of hydrogen-bond acceptors (Lipinski definition) is 9. The minimum atomic E-state index is -4.21. The number of urea groups is 1.